The van der Waals surface area contributed by atoms with Gasteiger partial charge in [0.15, 0.2) is 22.5 Å². The number of hydrogen-bond acceptors (Lipinski definition) is 8. The van der Waals surface area contributed by atoms with Gasteiger partial charge in [-0.15, -0.1) is 11.3 Å². The molecule has 1 N–H and O–H groups in total. The highest BCUT2D eigenvalue weighted by molar-refractivity contribution is 7.89. The fraction of sp³-hybridized carbons (Fsp3) is 0.480. The summed E-state index contributed by atoms with van der Waals surface area (Å²) >= 11 is 7.54. The SMILES string of the molecule is COC(=O)C1=C([C@H]2CC[C@H](S(=O)(=O)N3CCCC3)CC2)NC(c2nccs2)=NC1c1ccc(F)c(F)c1Cl. The van der Waals surface area contributed by atoms with Crippen LogP contribution in [-0.2, 0) is 19.6 Å². The van der Waals surface area contributed by atoms with E-state index in [1.807, 2.05) is 0 Å². The largest absolute Gasteiger partial charge is 0.466 e. The standard InChI is InChI=1S/C25H27ClF2N4O4S2/c1-36-25(33)18-21(14-4-6-15(7-5-14)38(34,35)32-11-2-3-12-32)30-23(24-29-10-13-37-24)31-22(18)16-8-9-17(27)20(28)19(16)26/h8-10,13-15,22H,2-7,11-12H2,1H3,(H,30,31)/t14-,15-,22?. The van der Waals surface area contributed by atoms with Crippen molar-refractivity contribution >= 4 is 44.8 Å². The predicted octanol–water partition coefficient (Wildman–Crippen LogP) is 4.58. The van der Waals surface area contributed by atoms with Gasteiger partial charge < -0.3 is 10.1 Å². The highest BCUT2D eigenvalue weighted by Crippen LogP contribution is 2.42. The van der Waals surface area contributed by atoms with Crippen LogP contribution in [-0.4, -0.2) is 55.0 Å². The molecule has 1 aliphatic carbocycles. The first-order chi connectivity index (χ1) is 18.2. The van der Waals surface area contributed by atoms with Crippen LogP contribution in [0.25, 0.3) is 0 Å². The number of halogens is 3. The van der Waals surface area contributed by atoms with Crippen molar-refractivity contribution in [2.75, 3.05) is 20.2 Å². The lowest BCUT2D eigenvalue weighted by Crippen LogP contribution is -2.41. The van der Waals surface area contributed by atoms with Gasteiger partial charge >= 0.3 is 5.97 Å². The average molecular weight is 585 g/mol. The fourth-order valence-corrected chi connectivity index (χ4v) is 8.35. The van der Waals surface area contributed by atoms with Crippen molar-refractivity contribution in [2.24, 2.45) is 10.9 Å². The summed E-state index contributed by atoms with van der Waals surface area (Å²) < 4.78 is 61.4. The first-order valence-electron chi connectivity index (χ1n) is 12.4. The molecule has 2 fully saturated rings. The number of nitrogens with one attached hydrogen (secondary N) is 1. The van der Waals surface area contributed by atoms with Gasteiger partial charge in [-0.1, -0.05) is 17.7 Å². The van der Waals surface area contributed by atoms with Gasteiger partial charge in [0.05, 0.1) is 23.0 Å². The number of benzene rings is 1. The number of rotatable bonds is 6. The van der Waals surface area contributed by atoms with E-state index >= 15 is 0 Å². The third kappa shape index (κ3) is 4.99. The minimum absolute atomic E-state index is 0.115. The second-order valence-electron chi connectivity index (χ2n) is 9.55. The van der Waals surface area contributed by atoms with Gasteiger partial charge in [-0.05, 0) is 50.5 Å². The number of aromatic nitrogens is 1. The third-order valence-electron chi connectivity index (χ3n) is 7.40. The van der Waals surface area contributed by atoms with E-state index < -0.39 is 43.9 Å². The van der Waals surface area contributed by atoms with Gasteiger partial charge in [-0.3, -0.25) is 4.99 Å². The minimum atomic E-state index is -3.39. The van der Waals surface area contributed by atoms with E-state index in [0.29, 0.717) is 55.3 Å². The Hall–Kier alpha value is -2.41. The van der Waals surface area contributed by atoms with E-state index in [4.69, 9.17) is 16.3 Å². The number of sulfonamides is 1. The summed E-state index contributed by atoms with van der Waals surface area (Å²) in [6.07, 6.45) is 5.24. The Kier molecular flexibility index (Phi) is 7.86. The summed E-state index contributed by atoms with van der Waals surface area (Å²) in [5.74, 6) is -2.89. The Morgan fingerprint density at radius 3 is 2.53 bits per heavy atom. The molecule has 0 radical (unpaired) electrons. The van der Waals surface area contributed by atoms with Crippen molar-refractivity contribution in [3.05, 3.63) is 62.2 Å². The number of allylic oxidation sites excluding steroid dienone is 1. The third-order valence-corrected chi connectivity index (χ3v) is 11.0. The summed E-state index contributed by atoms with van der Waals surface area (Å²) in [5, 5.41) is 4.61. The number of esters is 1. The van der Waals surface area contributed by atoms with Crippen LogP contribution in [0.2, 0.25) is 5.02 Å². The van der Waals surface area contributed by atoms with E-state index in [0.717, 1.165) is 18.9 Å². The molecule has 0 bridgehead atoms. The summed E-state index contributed by atoms with van der Waals surface area (Å²) in [7, 11) is -2.15. The van der Waals surface area contributed by atoms with Gasteiger partial charge in [-0.2, -0.15) is 0 Å². The molecule has 3 heterocycles. The molecule has 8 nitrogen and oxygen atoms in total. The Morgan fingerprint density at radius 2 is 1.89 bits per heavy atom. The van der Waals surface area contributed by atoms with Crippen molar-refractivity contribution in [3.8, 4) is 0 Å². The molecule has 0 amide bonds. The summed E-state index contributed by atoms with van der Waals surface area (Å²) in [6.45, 7) is 1.12. The zero-order chi connectivity index (χ0) is 27.0. The normalized spacial score (nSPS) is 24.7. The number of thiazole rings is 1. The molecular formula is C25H27ClF2N4O4S2. The minimum Gasteiger partial charge on any atom is -0.466 e. The van der Waals surface area contributed by atoms with Crippen molar-refractivity contribution in [2.45, 2.75) is 49.8 Å². The van der Waals surface area contributed by atoms with Gasteiger partial charge in [0.1, 0.15) is 6.04 Å². The Bertz CT molecular complexity index is 1380. The molecule has 1 unspecified atom stereocenters. The van der Waals surface area contributed by atoms with Crippen LogP contribution in [0.3, 0.4) is 0 Å². The van der Waals surface area contributed by atoms with E-state index in [9.17, 15) is 22.0 Å². The summed E-state index contributed by atoms with van der Waals surface area (Å²) in [4.78, 5) is 22.1. The fourth-order valence-electron chi connectivity index (χ4n) is 5.45. The predicted molar refractivity (Wildman–Crippen MR) is 140 cm³/mol. The van der Waals surface area contributed by atoms with E-state index in [2.05, 4.69) is 15.3 Å². The van der Waals surface area contributed by atoms with Gasteiger partial charge in [0.2, 0.25) is 10.0 Å². The number of carbonyl (C=O) groups is 1. The first kappa shape index (κ1) is 27.2. The molecule has 3 aliphatic rings. The second kappa shape index (κ2) is 11.0. The number of aliphatic imine (C=N–C) groups is 1. The molecule has 1 saturated carbocycles. The molecule has 13 heteroatoms. The van der Waals surface area contributed by atoms with Crippen molar-refractivity contribution < 1.29 is 26.7 Å². The number of hydrogen-bond donors (Lipinski definition) is 1. The molecule has 1 aromatic heterocycles. The maximum Gasteiger partial charge on any atom is 0.338 e. The van der Waals surface area contributed by atoms with Crippen LogP contribution < -0.4 is 5.32 Å². The smallest absolute Gasteiger partial charge is 0.338 e. The number of amidine groups is 1. The van der Waals surface area contributed by atoms with Gasteiger partial charge in [0, 0.05) is 35.9 Å². The van der Waals surface area contributed by atoms with Crippen LogP contribution in [0.1, 0.15) is 55.1 Å². The second-order valence-corrected chi connectivity index (χ2v) is 13.0. The highest BCUT2D eigenvalue weighted by atomic mass is 35.5. The molecule has 1 atom stereocenters. The molecule has 2 aromatic rings. The number of carbonyl (C=O) groups excluding carboxylic acids is 1. The summed E-state index contributed by atoms with van der Waals surface area (Å²) in [5.41, 5.74) is 0.760. The van der Waals surface area contributed by atoms with Crippen molar-refractivity contribution in [3.63, 3.8) is 0 Å². The van der Waals surface area contributed by atoms with Crippen LogP contribution >= 0.6 is 22.9 Å². The molecular weight excluding hydrogens is 558 g/mol. The number of nitrogens with zero attached hydrogens (tertiary/aromatic N) is 3. The Balaban J connectivity index is 1.53. The molecule has 204 valence electrons. The summed E-state index contributed by atoms with van der Waals surface area (Å²) in [6, 6.07) is 1.17. The van der Waals surface area contributed by atoms with Crippen LogP contribution in [0.5, 0.6) is 0 Å². The number of ether oxygens (including phenoxy) is 1. The van der Waals surface area contributed by atoms with Crippen LogP contribution in [0.4, 0.5) is 8.78 Å². The van der Waals surface area contributed by atoms with E-state index in [-0.39, 0.29) is 17.1 Å². The van der Waals surface area contributed by atoms with Crippen LogP contribution in [0, 0.1) is 17.6 Å². The lowest BCUT2D eigenvalue weighted by Gasteiger charge is -2.35. The van der Waals surface area contributed by atoms with Crippen LogP contribution in [0.15, 0.2) is 40.0 Å². The molecule has 2 aliphatic heterocycles. The first-order valence-corrected chi connectivity index (χ1v) is 15.2. The lowest BCUT2D eigenvalue weighted by molar-refractivity contribution is -0.136. The van der Waals surface area contributed by atoms with Gasteiger partial charge in [0.25, 0.3) is 0 Å². The monoisotopic (exact) mass is 584 g/mol. The van der Waals surface area contributed by atoms with E-state index in [1.54, 1.807) is 15.9 Å². The Morgan fingerprint density at radius 1 is 1.18 bits per heavy atom. The maximum absolute atomic E-state index is 14.5. The van der Waals surface area contributed by atoms with Crippen molar-refractivity contribution in [1.82, 2.24) is 14.6 Å². The zero-order valence-corrected chi connectivity index (χ0v) is 23.0. The topological polar surface area (TPSA) is 101 Å². The molecule has 1 aromatic carbocycles. The molecule has 5 rings (SSSR count). The Labute approximate surface area is 228 Å². The van der Waals surface area contributed by atoms with Gasteiger partial charge in [-0.25, -0.2) is 31.3 Å². The number of methoxy groups -OCH3 is 1. The molecule has 0 spiro atoms. The zero-order valence-electron chi connectivity index (χ0n) is 20.6. The molecule has 1 saturated heterocycles. The highest BCUT2D eigenvalue weighted by Gasteiger charge is 2.41. The average Bonchev–Trinajstić information content (AvgIpc) is 3.66. The lowest BCUT2D eigenvalue weighted by atomic mass is 9.82. The van der Waals surface area contributed by atoms with Crippen molar-refractivity contribution in [1.29, 1.82) is 0 Å². The maximum atomic E-state index is 14.5. The van der Waals surface area contributed by atoms with E-state index in [1.165, 1.54) is 24.5 Å². The quantitative estimate of drug-likeness (QED) is 0.394. The molecule has 38 heavy (non-hydrogen) atoms.